The zero-order valence-electron chi connectivity index (χ0n) is 8.65. The molecule has 0 aromatic heterocycles. The lowest BCUT2D eigenvalue weighted by molar-refractivity contribution is -0.131. The number of halogens is 1. The van der Waals surface area contributed by atoms with E-state index >= 15 is 0 Å². The van der Waals surface area contributed by atoms with Gasteiger partial charge in [-0.3, -0.25) is 4.79 Å². The summed E-state index contributed by atoms with van der Waals surface area (Å²) in [7, 11) is 0. The first-order valence-corrected chi connectivity index (χ1v) is 5.21. The van der Waals surface area contributed by atoms with Gasteiger partial charge in [0, 0.05) is 12.5 Å². The van der Waals surface area contributed by atoms with Crippen molar-refractivity contribution >= 4 is 12.2 Å². The molecular formula is C12H12FNO2. The van der Waals surface area contributed by atoms with Crippen molar-refractivity contribution in [1.29, 1.82) is 0 Å². The van der Waals surface area contributed by atoms with Gasteiger partial charge in [-0.1, -0.05) is 12.1 Å². The Labute approximate surface area is 92.7 Å². The van der Waals surface area contributed by atoms with Crippen molar-refractivity contribution in [3.8, 4) is 0 Å². The maximum Gasteiger partial charge on any atom is 0.230 e. The average Bonchev–Trinajstić information content (AvgIpc) is 2.30. The number of benzene rings is 1. The molecule has 16 heavy (non-hydrogen) atoms. The lowest BCUT2D eigenvalue weighted by Crippen LogP contribution is -2.41. The topological polar surface area (TPSA) is 46.2 Å². The Bertz CT molecular complexity index is 402. The Balaban J connectivity index is 2.27. The number of hydrogen-bond acceptors (Lipinski definition) is 2. The first-order valence-electron chi connectivity index (χ1n) is 5.21. The van der Waals surface area contributed by atoms with Crippen LogP contribution >= 0.6 is 0 Å². The average molecular weight is 221 g/mol. The summed E-state index contributed by atoms with van der Waals surface area (Å²) >= 11 is 0. The second kappa shape index (κ2) is 4.43. The highest BCUT2D eigenvalue weighted by Crippen LogP contribution is 2.29. The number of piperidine rings is 1. The third-order valence-corrected chi connectivity index (χ3v) is 2.94. The Morgan fingerprint density at radius 3 is 2.62 bits per heavy atom. The molecule has 2 rings (SSSR count). The van der Waals surface area contributed by atoms with Gasteiger partial charge >= 0.3 is 0 Å². The number of rotatable bonds is 2. The molecule has 1 aliphatic heterocycles. The van der Waals surface area contributed by atoms with Crippen LogP contribution in [-0.4, -0.2) is 18.7 Å². The molecule has 1 aromatic carbocycles. The smallest absolute Gasteiger partial charge is 0.230 e. The molecule has 4 heteroatoms. The summed E-state index contributed by atoms with van der Waals surface area (Å²) in [5.74, 6) is -1.34. The van der Waals surface area contributed by atoms with Gasteiger partial charge in [-0.2, -0.15) is 0 Å². The van der Waals surface area contributed by atoms with Crippen LogP contribution < -0.4 is 5.32 Å². The molecule has 1 saturated heterocycles. The first kappa shape index (κ1) is 10.8. The van der Waals surface area contributed by atoms with E-state index in [1.807, 2.05) is 0 Å². The van der Waals surface area contributed by atoms with E-state index in [9.17, 15) is 14.0 Å². The molecule has 1 heterocycles. The molecule has 1 amide bonds. The van der Waals surface area contributed by atoms with Gasteiger partial charge in [0.05, 0.1) is 0 Å². The molecule has 1 N–H and O–H groups in total. The zero-order chi connectivity index (χ0) is 11.5. The van der Waals surface area contributed by atoms with Crippen molar-refractivity contribution in [2.45, 2.75) is 12.3 Å². The highest BCUT2D eigenvalue weighted by Gasteiger charge is 2.32. The molecule has 84 valence electrons. The second-order valence-corrected chi connectivity index (χ2v) is 3.90. The predicted molar refractivity (Wildman–Crippen MR) is 56.3 cm³/mol. The summed E-state index contributed by atoms with van der Waals surface area (Å²) in [6.07, 6.45) is 1.38. The van der Waals surface area contributed by atoms with Gasteiger partial charge in [-0.05, 0) is 24.1 Å². The SMILES string of the molecule is O=C[C@H]1C(=O)NCCC1c1ccc(F)cc1. The van der Waals surface area contributed by atoms with Crippen molar-refractivity contribution in [3.05, 3.63) is 35.6 Å². The lowest BCUT2D eigenvalue weighted by Gasteiger charge is -2.27. The highest BCUT2D eigenvalue weighted by molar-refractivity contribution is 5.93. The Morgan fingerprint density at radius 1 is 1.31 bits per heavy atom. The lowest BCUT2D eigenvalue weighted by atomic mass is 9.81. The van der Waals surface area contributed by atoms with Crippen LogP contribution in [0.3, 0.4) is 0 Å². The van der Waals surface area contributed by atoms with Gasteiger partial charge in [0.2, 0.25) is 5.91 Å². The van der Waals surface area contributed by atoms with Crippen LogP contribution in [0.2, 0.25) is 0 Å². The largest absolute Gasteiger partial charge is 0.355 e. The minimum Gasteiger partial charge on any atom is -0.355 e. The number of aldehydes is 1. The second-order valence-electron chi connectivity index (χ2n) is 3.90. The minimum absolute atomic E-state index is 0.133. The molecule has 2 atom stereocenters. The van der Waals surface area contributed by atoms with E-state index in [0.717, 1.165) is 5.56 Å². The maximum absolute atomic E-state index is 12.8. The standard InChI is InChI=1S/C12H12FNO2/c13-9-3-1-8(2-4-9)10-5-6-14-12(16)11(10)7-15/h1-4,7,10-11H,5-6H2,(H,14,16)/t10?,11-/m1/s1. The van der Waals surface area contributed by atoms with Crippen molar-refractivity contribution in [2.24, 2.45) is 5.92 Å². The van der Waals surface area contributed by atoms with Crippen LogP contribution in [0.15, 0.2) is 24.3 Å². The Kier molecular flexibility index (Phi) is 2.99. The predicted octanol–water partition coefficient (Wildman–Crippen LogP) is 1.24. The summed E-state index contributed by atoms with van der Waals surface area (Å²) in [6.45, 7) is 0.561. The molecule has 0 spiro atoms. The van der Waals surface area contributed by atoms with Gasteiger partial charge < -0.3 is 10.1 Å². The molecule has 0 aliphatic carbocycles. The summed E-state index contributed by atoms with van der Waals surface area (Å²) in [6, 6.07) is 5.97. The zero-order valence-corrected chi connectivity index (χ0v) is 8.65. The number of hydrogen-bond donors (Lipinski definition) is 1. The highest BCUT2D eigenvalue weighted by atomic mass is 19.1. The van der Waals surface area contributed by atoms with E-state index in [0.29, 0.717) is 19.3 Å². The summed E-state index contributed by atoms with van der Waals surface area (Å²) < 4.78 is 12.8. The van der Waals surface area contributed by atoms with Crippen molar-refractivity contribution in [3.63, 3.8) is 0 Å². The minimum atomic E-state index is -0.654. The van der Waals surface area contributed by atoms with Crippen LogP contribution in [0.5, 0.6) is 0 Å². The van der Waals surface area contributed by atoms with E-state index in [-0.39, 0.29) is 17.6 Å². The molecule has 1 fully saturated rings. The number of nitrogens with one attached hydrogen (secondary N) is 1. The quantitative estimate of drug-likeness (QED) is 0.603. The fourth-order valence-corrected chi connectivity index (χ4v) is 2.07. The van der Waals surface area contributed by atoms with Gasteiger partial charge in [0.1, 0.15) is 18.0 Å². The summed E-state index contributed by atoms with van der Waals surface area (Å²) in [5.41, 5.74) is 0.841. The van der Waals surface area contributed by atoms with Crippen LogP contribution in [0.4, 0.5) is 4.39 Å². The van der Waals surface area contributed by atoms with Gasteiger partial charge in [0.15, 0.2) is 0 Å². The van der Waals surface area contributed by atoms with Crippen LogP contribution in [0.1, 0.15) is 17.9 Å². The maximum atomic E-state index is 12.8. The number of amides is 1. The summed E-state index contributed by atoms with van der Waals surface area (Å²) in [5, 5.41) is 2.65. The van der Waals surface area contributed by atoms with E-state index in [1.165, 1.54) is 12.1 Å². The fourth-order valence-electron chi connectivity index (χ4n) is 2.07. The van der Waals surface area contributed by atoms with E-state index in [2.05, 4.69) is 5.32 Å². The molecule has 0 saturated carbocycles. The Hall–Kier alpha value is -1.71. The monoisotopic (exact) mass is 221 g/mol. The fraction of sp³-hybridized carbons (Fsp3) is 0.333. The Morgan fingerprint density at radius 2 is 2.00 bits per heavy atom. The normalized spacial score (nSPS) is 24.9. The van der Waals surface area contributed by atoms with Crippen molar-refractivity contribution in [2.75, 3.05) is 6.54 Å². The van der Waals surface area contributed by atoms with E-state index in [4.69, 9.17) is 0 Å². The summed E-state index contributed by atoms with van der Waals surface area (Å²) in [4.78, 5) is 22.3. The van der Waals surface area contributed by atoms with Crippen LogP contribution in [0.25, 0.3) is 0 Å². The van der Waals surface area contributed by atoms with Crippen LogP contribution in [0, 0.1) is 11.7 Å². The molecule has 1 unspecified atom stereocenters. The number of carbonyl (C=O) groups is 2. The number of carbonyl (C=O) groups excluding carboxylic acids is 2. The van der Waals surface area contributed by atoms with E-state index < -0.39 is 5.92 Å². The third kappa shape index (κ3) is 1.96. The molecule has 3 nitrogen and oxygen atoms in total. The van der Waals surface area contributed by atoms with Gasteiger partial charge in [0.25, 0.3) is 0 Å². The molecule has 0 bridgehead atoms. The molecule has 0 radical (unpaired) electrons. The molecular weight excluding hydrogens is 209 g/mol. The first-order chi connectivity index (χ1) is 7.72. The molecule has 1 aromatic rings. The van der Waals surface area contributed by atoms with E-state index in [1.54, 1.807) is 12.1 Å². The van der Waals surface area contributed by atoms with Gasteiger partial charge in [-0.25, -0.2) is 4.39 Å². The van der Waals surface area contributed by atoms with Crippen LogP contribution in [-0.2, 0) is 9.59 Å². The van der Waals surface area contributed by atoms with Crippen molar-refractivity contribution in [1.82, 2.24) is 5.32 Å². The van der Waals surface area contributed by atoms with Gasteiger partial charge in [-0.15, -0.1) is 0 Å². The molecule has 1 aliphatic rings. The third-order valence-electron chi connectivity index (χ3n) is 2.94. The van der Waals surface area contributed by atoms with Crippen molar-refractivity contribution < 1.29 is 14.0 Å².